The van der Waals surface area contributed by atoms with Gasteiger partial charge < -0.3 is 10.2 Å². The molecule has 4 atom stereocenters. The van der Waals surface area contributed by atoms with Crippen molar-refractivity contribution < 1.29 is 10.2 Å². The number of nitrogens with two attached hydrogens (primary N) is 1. The number of hydrazine groups is 1. The van der Waals surface area contributed by atoms with Gasteiger partial charge in [0.1, 0.15) is 0 Å². The molecule has 0 aromatic heterocycles. The second-order valence-corrected chi connectivity index (χ2v) is 3.38. The maximum atomic E-state index is 9.56. The topological polar surface area (TPSA) is 69.7 Å². The Bertz CT molecular complexity index is 138. The van der Waals surface area contributed by atoms with Crippen molar-refractivity contribution in [1.82, 2.24) is 5.01 Å². The summed E-state index contributed by atoms with van der Waals surface area (Å²) in [4.78, 5) is 0. The van der Waals surface area contributed by atoms with E-state index in [4.69, 9.17) is 5.84 Å². The van der Waals surface area contributed by atoms with Crippen LogP contribution in [0.25, 0.3) is 0 Å². The van der Waals surface area contributed by atoms with Crippen molar-refractivity contribution in [3.05, 3.63) is 0 Å². The summed E-state index contributed by atoms with van der Waals surface area (Å²) in [5.41, 5.74) is 0. The molecule has 1 rings (SSSR count). The van der Waals surface area contributed by atoms with Crippen LogP contribution in [-0.2, 0) is 0 Å². The quantitative estimate of drug-likeness (QED) is 0.491. The molecular formula is C8H18N2O2. The summed E-state index contributed by atoms with van der Waals surface area (Å²) in [7, 11) is 0. The number of aliphatic hydroxyl groups is 2. The largest absolute Gasteiger partial charge is 0.389 e. The Morgan fingerprint density at radius 3 is 1.58 bits per heavy atom. The summed E-state index contributed by atoms with van der Waals surface area (Å²) in [6.07, 6.45) is 0.158. The van der Waals surface area contributed by atoms with Crippen molar-refractivity contribution in [3.63, 3.8) is 0 Å². The summed E-state index contributed by atoms with van der Waals surface area (Å²) < 4.78 is 0. The van der Waals surface area contributed by atoms with Crippen LogP contribution in [0.5, 0.6) is 0 Å². The van der Waals surface area contributed by atoms with Crippen LogP contribution in [0, 0.1) is 0 Å². The first-order valence-electron chi connectivity index (χ1n) is 4.52. The molecule has 4 heteroatoms. The van der Waals surface area contributed by atoms with Gasteiger partial charge in [0.2, 0.25) is 0 Å². The highest BCUT2D eigenvalue weighted by Crippen LogP contribution is 2.25. The molecule has 0 radical (unpaired) electrons. The summed E-state index contributed by atoms with van der Waals surface area (Å²) in [5, 5.41) is 20.7. The summed E-state index contributed by atoms with van der Waals surface area (Å²) in [5.74, 6) is 5.74. The van der Waals surface area contributed by atoms with Gasteiger partial charge in [-0.3, -0.25) is 5.84 Å². The van der Waals surface area contributed by atoms with Gasteiger partial charge in [-0.25, -0.2) is 5.01 Å². The maximum absolute atomic E-state index is 9.56. The van der Waals surface area contributed by atoms with Crippen LogP contribution >= 0.6 is 0 Å². The third-order valence-electron chi connectivity index (χ3n) is 2.74. The summed E-state index contributed by atoms with van der Waals surface area (Å²) in [6, 6.07) is -0.185. The van der Waals surface area contributed by atoms with Crippen molar-refractivity contribution >= 4 is 0 Å². The number of aliphatic hydroxyl groups excluding tert-OH is 2. The molecule has 4 N–H and O–H groups in total. The fourth-order valence-electron chi connectivity index (χ4n) is 1.96. The second kappa shape index (κ2) is 3.70. The fraction of sp³-hybridized carbons (Fsp3) is 1.00. The highest BCUT2D eigenvalue weighted by molar-refractivity contribution is 4.97. The molecule has 0 aromatic carbocycles. The Morgan fingerprint density at radius 2 is 1.42 bits per heavy atom. The van der Waals surface area contributed by atoms with Crippen molar-refractivity contribution in [1.29, 1.82) is 0 Å². The van der Waals surface area contributed by atoms with E-state index in [2.05, 4.69) is 0 Å². The lowest BCUT2D eigenvalue weighted by Crippen LogP contribution is -2.44. The average Bonchev–Trinajstić information content (AvgIpc) is 2.25. The van der Waals surface area contributed by atoms with Gasteiger partial charge in [-0.2, -0.15) is 0 Å². The zero-order valence-corrected chi connectivity index (χ0v) is 7.64. The molecule has 0 spiro atoms. The molecule has 4 nitrogen and oxygen atoms in total. The van der Waals surface area contributed by atoms with Crippen LogP contribution in [0.3, 0.4) is 0 Å². The van der Waals surface area contributed by atoms with Crippen LogP contribution in [-0.4, -0.2) is 39.5 Å². The molecule has 0 saturated carbocycles. The van der Waals surface area contributed by atoms with Gasteiger partial charge in [-0.1, -0.05) is 13.8 Å². The Morgan fingerprint density at radius 1 is 1.08 bits per heavy atom. The average molecular weight is 174 g/mol. The predicted molar refractivity (Wildman–Crippen MR) is 46.2 cm³/mol. The molecule has 0 aromatic rings. The zero-order chi connectivity index (χ0) is 9.30. The van der Waals surface area contributed by atoms with E-state index in [1.807, 2.05) is 13.8 Å². The Hall–Kier alpha value is -0.160. The molecule has 1 saturated heterocycles. The third-order valence-corrected chi connectivity index (χ3v) is 2.74. The van der Waals surface area contributed by atoms with Gasteiger partial charge in [0.25, 0.3) is 0 Å². The van der Waals surface area contributed by atoms with Gasteiger partial charge in [0.05, 0.1) is 24.3 Å². The zero-order valence-electron chi connectivity index (χ0n) is 7.64. The van der Waals surface area contributed by atoms with Crippen molar-refractivity contribution in [2.45, 2.75) is 51.0 Å². The summed E-state index contributed by atoms with van der Waals surface area (Å²) >= 11 is 0. The minimum atomic E-state index is -0.690. The van der Waals surface area contributed by atoms with E-state index >= 15 is 0 Å². The Labute approximate surface area is 72.9 Å². The molecule has 12 heavy (non-hydrogen) atoms. The van der Waals surface area contributed by atoms with Crippen LogP contribution in [0.4, 0.5) is 0 Å². The highest BCUT2D eigenvalue weighted by atomic mass is 16.3. The molecule has 1 aliphatic heterocycles. The first-order chi connectivity index (χ1) is 5.63. The van der Waals surface area contributed by atoms with Crippen LogP contribution in [0.2, 0.25) is 0 Å². The number of nitrogens with zero attached hydrogens (tertiary/aromatic N) is 1. The number of rotatable bonds is 2. The first kappa shape index (κ1) is 9.92. The Balaban J connectivity index is 2.71. The van der Waals surface area contributed by atoms with Crippen molar-refractivity contribution in [2.75, 3.05) is 0 Å². The predicted octanol–water partition coefficient (Wildman–Crippen LogP) is -0.545. The van der Waals surface area contributed by atoms with Crippen LogP contribution < -0.4 is 5.84 Å². The maximum Gasteiger partial charge on any atom is 0.0983 e. The lowest BCUT2D eigenvalue weighted by atomic mass is 10.1. The number of hydrogen-bond donors (Lipinski definition) is 3. The van der Waals surface area contributed by atoms with Gasteiger partial charge in [-0.05, 0) is 12.8 Å². The van der Waals surface area contributed by atoms with Crippen molar-refractivity contribution in [2.24, 2.45) is 5.84 Å². The Kier molecular flexibility index (Phi) is 3.06. The molecule has 1 heterocycles. The highest BCUT2D eigenvalue weighted by Gasteiger charge is 2.44. The minimum Gasteiger partial charge on any atom is -0.389 e. The molecule has 3 unspecified atom stereocenters. The standard InChI is InChI=1S/C8H18N2O2/c1-3-5-7(11)8(12)6(4-2)10(5)9/h5-8,11-12H,3-4,9H2,1-2H3/t5?,6?,7-,8?/m1/s1. The molecule has 0 amide bonds. The lowest BCUT2D eigenvalue weighted by Gasteiger charge is -2.23. The van der Waals surface area contributed by atoms with Crippen molar-refractivity contribution in [3.8, 4) is 0 Å². The SMILES string of the molecule is CCC1C(O)[C@H](O)C(CC)N1N. The van der Waals surface area contributed by atoms with E-state index < -0.39 is 12.2 Å². The third kappa shape index (κ3) is 1.35. The normalized spacial score (nSPS) is 43.8. The van der Waals surface area contributed by atoms with E-state index in [0.29, 0.717) is 0 Å². The van der Waals surface area contributed by atoms with Gasteiger partial charge in [0, 0.05) is 0 Å². The minimum absolute atomic E-state index is 0.0926. The van der Waals surface area contributed by atoms with Crippen LogP contribution in [0.1, 0.15) is 26.7 Å². The monoisotopic (exact) mass is 174 g/mol. The van der Waals surface area contributed by atoms with Crippen LogP contribution in [0.15, 0.2) is 0 Å². The molecular weight excluding hydrogens is 156 g/mol. The van der Waals surface area contributed by atoms with E-state index in [1.165, 1.54) is 0 Å². The van der Waals surface area contributed by atoms with Gasteiger partial charge in [-0.15, -0.1) is 0 Å². The first-order valence-corrected chi connectivity index (χ1v) is 4.52. The molecule has 0 aliphatic carbocycles. The van der Waals surface area contributed by atoms with E-state index in [0.717, 1.165) is 12.8 Å². The summed E-state index contributed by atoms with van der Waals surface area (Å²) in [6.45, 7) is 3.91. The van der Waals surface area contributed by atoms with E-state index in [-0.39, 0.29) is 12.1 Å². The lowest BCUT2D eigenvalue weighted by molar-refractivity contribution is 0.0272. The van der Waals surface area contributed by atoms with E-state index in [9.17, 15) is 10.2 Å². The molecule has 1 fully saturated rings. The molecule has 72 valence electrons. The smallest absolute Gasteiger partial charge is 0.0983 e. The molecule has 1 aliphatic rings. The van der Waals surface area contributed by atoms with Gasteiger partial charge in [0.15, 0.2) is 0 Å². The number of hydrogen-bond acceptors (Lipinski definition) is 4. The second-order valence-electron chi connectivity index (χ2n) is 3.38. The van der Waals surface area contributed by atoms with E-state index in [1.54, 1.807) is 5.01 Å². The fourth-order valence-corrected chi connectivity index (χ4v) is 1.96. The van der Waals surface area contributed by atoms with Gasteiger partial charge >= 0.3 is 0 Å². The molecule has 0 bridgehead atoms.